The molecule has 0 aliphatic carbocycles. The average molecular weight is 246 g/mol. The van der Waals surface area contributed by atoms with Gasteiger partial charge < -0.3 is 20.7 Å². The van der Waals surface area contributed by atoms with Crippen LogP contribution < -0.4 is 11.4 Å². The van der Waals surface area contributed by atoms with Crippen LogP contribution in [-0.4, -0.2) is 44.7 Å². The minimum Gasteiger partial charge on any atom is -0.394 e. The highest BCUT2D eigenvalue weighted by atomic mass is 19.1. The molecule has 0 radical (unpaired) electrons. The Labute approximate surface area is 96.7 Å². The highest BCUT2D eigenvalue weighted by molar-refractivity contribution is 5.23. The number of ether oxygens (including phenoxy) is 1. The molecule has 5 atom stereocenters. The molecule has 1 aliphatic rings. The van der Waals surface area contributed by atoms with Crippen molar-refractivity contribution in [2.75, 3.05) is 12.3 Å². The zero-order valence-corrected chi connectivity index (χ0v) is 8.60. The Bertz CT molecular complexity index is 497. The molecule has 0 saturated carbocycles. The lowest BCUT2D eigenvalue weighted by Crippen LogP contribution is -2.33. The normalized spacial score (nSPS) is 35.6. The molecular weight excluding hydrogens is 233 g/mol. The van der Waals surface area contributed by atoms with Crippen LogP contribution in [0.25, 0.3) is 0 Å². The maximum absolute atomic E-state index is 13.8. The van der Waals surface area contributed by atoms with E-state index in [-0.39, 0.29) is 5.82 Å². The number of nitrogen functional groups attached to an aromatic ring is 1. The topological polar surface area (TPSA) is 111 Å². The molecule has 2 heterocycles. The summed E-state index contributed by atoms with van der Waals surface area (Å²) >= 11 is 0. The van der Waals surface area contributed by atoms with Gasteiger partial charge in [0.2, 0.25) is 0 Å². The van der Waals surface area contributed by atoms with Crippen molar-refractivity contribution in [2.45, 2.75) is 24.6 Å². The first-order valence-electron chi connectivity index (χ1n) is 5.42. The van der Waals surface area contributed by atoms with E-state index < -0.39 is 36.9 Å². The quantitative estimate of drug-likeness (QED) is 0.580. The van der Waals surface area contributed by atoms with Crippen LogP contribution in [0.3, 0.4) is 0 Å². The zero-order chi connectivity index (χ0) is 13.4. The predicted molar refractivity (Wildman–Crippen MR) is 54.8 cm³/mol. The molecule has 8 heteroatoms. The minimum absolute atomic E-state index is 0.0257. The fourth-order valence-electron chi connectivity index (χ4n) is 1.63. The summed E-state index contributed by atoms with van der Waals surface area (Å²) in [6.45, 7) is -1.80. The van der Waals surface area contributed by atoms with E-state index in [1.54, 1.807) is 0 Å². The van der Waals surface area contributed by atoms with Crippen LogP contribution in [0, 0.1) is 0 Å². The first-order valence-corrected chi connectivity index (χ1v) is 4.84. The Morgan fingerprint density at radius 1 is 1.76 bits per heavy atom. The van der Waals surface area contributed by atoms with Crippen LogP contribution >= 0.6 is 0 Å². The number of hydrogen-bond donors (Lipinski definition) is 3. The van der Waals surface area contributed by atoms with Crippen molar-refractivity contribution in [3.8, 4) is 0 Å². The molecule has 1 fully saturated rings. The van der Waals surface area contributed by atoms with Crippen LogP contribution in [0.15, 0.2) is 17.1 Å². The van der Waals surface area contributed by atoms with Crippen molar-refractivity contribution >= 4 is 5.82 Å². The van der Waals surface area contributed by atoms with E-state index in [9.17, 15) is 14.3 Å². The fourth-order valence-corrected chi connectivity index (χ4v) is 1.63. The summed E-state index contributed by atoms with van der Waals surface area (Å²) in [7, 11) is 0. The number of alkyl halides is 1. The first-order chi connectivity index (χ1) is 8.41. The Morgan fingerprint density at radius 2 is 2.47 bits per heavy atom. The molecule has 0 bridgehead atoms. The molecule has 17 heavy (non-hydrogen) atoms. The van der Waals surface area contributed by atoms with Gasteiger partial charge in [-0.1, -0.05) is 0 Å². The Morgan fingerprint density at radius 3 is 3.00 bits per heavy atom. The van der Waals surface area contributed by atoms with Crippen molar-refractivity contribution in [1.82, 2.24) is 9.55 Å². The molecule has 1 saturated heterocycles. The van der Waals surface area contributed by atoms with Gasteiger partial charge in [0.15, 0.2) is 12.4 Å². The van der Waals surface area contributed by atoms with Crippen LogP contribution in [0.5, 0.6) is 0 Å². The summed E-state index contributed by atoms with van der Waals surface area (Å²) in [5.41, 5.74) is 4.45. The SMILES string of the molecule is [2H]C(O)[C@H]1O[C@@H](n2ccc(N)nc2=O)[C@H](F)[C@@H]1O. The number of rotatable bonds is 2. The van der Waals surface area contributed by atoms with Gasteiger partial charge in [-0.05, 0) is 6.07 Å². The van der Waals surface area contributed by atoms with Crippen LogP contribution in [0.4, 0.5) is 10.2 Å². The second-order valence-electron chi connectivity index (χ2n) is 3.62. The van der Waals surface area contributed by atoms with Gasteiger partial charge in [0.05, 0.1) is 7.95 Å². The first kappa shape index (κ1) is 10.6. The van der Waals surface area contributed by atoms with E-state index in [1.165, 1.54) is 12.3 Å². The molecule has 0 amide bonds. The van der Waals surface area contributed by atoms with Crippen LogP contribution in [0.2, 0.25) is 0 Å². The smallest absolute Gasteiger partial charge is 0.351 e. The molecule has 0 spiro atoms. The summed E-state index contributed by atoms with van der Waals surface area (Å²) in [5.74, 6) is -0.0257. The lowest BCUT2D eigenvalue weighted by Gasteiger charge is -2.15. The van der Waals surface area contributed by atoms with E-state index in [2.05, 4.69) is 4.98 Å². The van der Waals surface area contributed by atoms with Crippen molar-refractivity contribution in [2.24, 2.45) is 0 Å². The Balaban J connectivity index is 2.32. The molecule has 2 rings (SSSR count). The van der Waals surface area contributed by atoms with E-state index in [0.29, 0.717) is 0 Å². The monoisotopic (exact) mass is 246 g/mol. The Hall–Kier alpha value is -1.51. The molecule has 0 aromatic carbocycles. The third kappa shape index (κ3) is 2.02. The second kappa shape index (κ2) is 4.40. The van der Waals surface area contributed by atoms with E-state index in [4.69, 9.17) is 16.9 Å². The number of halogens is 1. The average Bonchev–Trinajstić information content (AvgIpc) is 2.57. The van der Waals surface area contributed by atoms with Gasteiger partial charge in [-0.3, -0.25) is 4.57 Å². The lowest BCUT2D eigenvalue weighted by molar-refractivity contribution is -0.0490. The summed E-state index contributed by atoms with van der Waals surface area (Å²) in [5, 5.41) is 18.5. The summed E-state index contributed by atoms with van der Waals surface area (Å²) in [4.78, 5) is 14.9. The molecule has 1 unspecified atom stereocenters. The van der Waals surface area contributed by atoms with Gasteiger partial charge in [0.25, 0.3) is 0 Å². The number of aromatic nitrogens is 2. The highest BCUT2D eigenvalue weighted by Crippen LogP contribution is 2.30. The van der Waals surface area contributed by atoms with Gasteiger partial charge in [-0.2, -0.15) is 4.98 Å². The van der Waals surface area contributed by atoms with Gasteiger partial charge in [0.1, 0.15) is 18.0 Å². The second-order valence-corrected chi connectivity index (χ2v) is 3.62. The third-order valence-electron chi connectivity index (χ3n) is 2.50. The van der Waals surface area contributed by atoms with Gasteiger partial charge in [-0.25, -0.2) is 9.18 Å². The Kier molecular flexibility index (Phi) is 2.75. The van der Waals surface area contributed by atoms with Gasteiger partial charge >= 0.3 is 5.69 Å². The van der Waals surface area contributed by atoms with Crippen molar-refractivity contribution in [3.05, 3.63) is 22.7 Å². The number of anilines is 1. The fraction of sp³-hybridized carbons (Fsp3) is 0.556. The standard InChI is InChI=1S/C9H12FN3O4/c10-6-7(15)4(3-14)17-8(6)13-2-1-5(11)12-9(13)16/h1-2,4,6-8,14-15H,3H2,(H2,11,12,16)/t4-,6-,7-,8-/m1/s1/i3D/t3?,4-,6-,7-,8-. The number of aliphatic hydroxyl groups is 2. The number of hydrogen-bond acceptors (Lipinski definition) is 6. The number of nitrogens with zero attached hydrogens (tertiary/aromatic N) is 2. The van der Waals surface area contributed by atoms with Gasteiger partial charge in [0, 0.05) is 6.20 Å². The predicted octanol–water partition coefficient (Wildman–Crippen LogP) is -1.59. The molecule has 1 aromatic rings. The van der Waals surface area contributed by atoms with Crippen LogP contribution in [0.1, 0.15) is 7.60 Å². The molecule has 4 N–H and O–H groups in total. The van der Waals surface area contributed by atoms with Gasteiger partial charge in [-0.15, -0.1) is 0 Å². The number of aliphatic hydroxyl groups excluding tert-OH is 2. The zero-order valence-electron chi connectivity index (χ0n) is 9.60. The molecular formula is C9H12FN3O4. The molecule has 94 valence electrons. The van der Waals surface area contributed by atoms with Crippen molar-refractivity contribution in [3.63, 3.8) is 0 Å². The van der Waals surface area contributed by atoms with Crippen molar-refractivity contribution in [1.29, 1.82) is 0 Å². The van der Waals surface area contributed by atoms with Crippen LogP contribution in [-0.2, 0) is 4.74 Å². The summed E-state index contributed by atoms with van der Waals surface area (Å²) in [6, 6.07) is 1.27. The highest BCUT2D eigenvalue weighted by Gasteiger charge is 2.45. The largest absolute Gasteiger partial charge is 0.394 e. The van der Waals surface area contributed by atoms with E-state index in [1.807, 2.05) is 0 Å². The maximum Gasteiger partial charge on any atom is 0.351 e. The molecule has 1 aliphatic heterocycles. The minimum atomic E-state index is -1.95. The van der Waals surface area contributed by atoms with E-state index >= 15 is 0 Å². The summed E-state index contributed by atoms with van der Waals surface area (Å²) < 4.78 is 26.6. The lowest BCUT2D eigenvalue weighted by atomic mass is 10.1. The maximum atomic E-state index is 13.8. The number of nitrogens with two attached hydrogens (primary N) is 1. The summed E-state index contributed by atoms with van der Waals surface area (Å²) in [6.07, 6.45) is -5.32. The molecule has 1 aromatic heterocycles. The molecule has 7 nitrogen and oxygen atoms in total. The van der Waals surface area contributed by atoms with E-state index in [0.717, 1.165) is 4.57 Å². The third-order valence-corrected chi connectivity index (χ3v) is 2.50. The van der Waals surface area contributed by atoms with Crippen molar-refractivity contribution < 1.29 is 20.7 Å².